The van der Waals surface area contributed by atoms with Crippen LogP contribution in [-0.2, 0) is 11.3 Å². The zero-order valence-electron chi connectivity index (χ0n) is 13.4. The summed E-state index contributed by atoms with van der Waals surface area (Å²) in [5.74, 6) is 1.23. The molecule has 114 valence electrons. The fraction of sp³-hybridized carbons (Fsp3) is 0.733. The Kier molecular flexibility index (Phi) is 7.47. The summed E-state index contributed by atoms with van der Waals surface area (Å²) < 4.78 is 5.25. The standard InChI is InChI=1S/C15H28N4O/c1-6-7-16-9-14-13(17-8-12(4)20-5)10-18-15(19-14)11(2)3/h10-12,16-17H,6-9H2,1-5H3. The Balaban J connectivity index is 2.79. The number of nitrogens with one attached hydrogen (secondary N) is 2. The number of rotatable bonds is 9. The lowest BCUT2D eigenvalue weighted by atomic mass is 10.2. The summed E-state index contributed by atoms with van der Waals surface area (Å²) in [6, 6.07) is 0. The van der Waals surface area contributed by atoms with Gasteiger partial charge in [-0.2, -0.15) is 0 Å². The lowest BCUT2D eigenvalue weighted by Crippen LogP contribution is -2.22. The summed E-state index contributed by atoms with van der Waals surface area (Å²) in [7, 11) is 1.72. The van der Waals surface area contributed by atoms with Crippen molar-refractivity contribution in [2.24, 2.45) is 0 Å². The first-order valence-electron chi connectivity index (χ1n) is 7.41. The molecule has 0 bridgehead atoms. The van der Waals surface area contributed by atoms with E-state index in [1.807, 2.05) is 13.1 Å². The molecule has 0 aliphatic rings. The predicted octanol–water partition coefficient (Wildman–Crippen LogP) is 2.55. The van der Waals surface area contributed by atoms with E-state index in [1.165, 1.54) is 0 Å². The summed E-state index contributed by atoms with van der Waals surface area (Å²) in [6.07, 6.45) is 3.16. The largest absolute Gasteiger partial charge is 0.380 e. The van der Waals surface area contributed by atoms with Crippen LogP contribution in [0.15, 0.2) is 6.20 Å². The zero-order valence-corrected chi connectivity index (χ0v) is 13.4. The highest BCUT2D eigenvalue weighted by Crippen LogP contribution is 2.16. The van der Waals surface area contributed by atoms with E-state index in [0.717, 1.165) is 43.3 Å². The van der Waals surface area contributed by atoms with Crippen LogP contribution in [0.4, 0.5) is 5.69 Å². The van der Waals surface area contributed by atoms with Gasteiger partial charge in [0.1, 0.15) is 5.82 Å². The van der Waals surface area contributed by atoms with Gasteiger partial charge in [0.2, 0.25) is 0 Å². The second-order valence-corrected chi connectivity index (χ2v) is 5.35. The van der Waals surface area contributed by atoms with Crippen molar-refractivity contribution in [2.45, 2.75) is 52.7 Å². The number of ether oxygens (including phenoxy) is 1. The molecule has 0 fully saturated rings. The van der Waals surface area contributed by atoms with Gasteiger partial charge < -0.3 is 15.4 Å². The van der Waals surface area contributed by atoms with Crippen molar-refractivity contribution in [3.05, 3.63) is 17.7 Å². The minimum Gasteiger partial charge on any atom is -0.380 e. The van der Waals surface area contributed by atoms with Gasteiger partial charge in [-0.15, -0.1) is 0 Å². The van der Waals surface area contributed by atoms with Crippen molar-refractivity contribution in [3.63, 3.8) is 0 Å². The Morgan fingerprint density at radius 1 is 1.30 bits per heavy atom. The number of aromatic nitrogens is 2. The third-order valence-corrected chi connectivity index (χ3v) is 3.10. The van der Waals surface area contributed by atoms with E-state index in [2.05, 4.69) is 41.4 Å². The highest BCUT2D eigenvalue weighted by molar-refractivity contribution is 5.46. The van der Waals surface area contributed by atoms with Gasteiger partial charge in [-0.1, -0.05) is 20.8 Å². The van der Waals surface area contributed by atoms with Crippen LogP contribution in [0.25, 0.3) is 0 Å². The third-order valence-electron chi connectivity index (χ3n) is 3.10. The van der Waals surface area contributed by atoms with Crippen LogP contribution in [-0.4, -0.2) is 36.3 Å². The zero-order chi connectivity index (χ0) is 15.0. The molecule has 2 N–H and O–H groups in total. The van der Waals surface area contributed by atoms with Crippen molar-refractivity contribution >= 4 is 5.69 Å². The monoisotopic (exact) mass is 280 g/mol. The molecule has 1 rings (SSSR count). The van der Waals surface area contributed by atoms with Gasteiger partial charge in [0.05, 0.1) is 23.7 Å². The Hall–Kier alpha value is -1.20. The van der Waals surface area contributed by atoms with Gasteiger partial charge in [0, 0.05) is 26.1 Å². The van der Waals surface area contributed by atoms with Gasteiger partial charge in [0.25, 0.3) is 0 Å². The van der Waals surface area contributed by atoms with E-state index in [9.17, 15) is 0 Å². The molecule has 0 saturated heterocycles. The SMILES string of the molecule is CCCNCc1nc(C(C)C)ncc1NCC(C)OC. The molecular formula is C15H28N4O. The molecule has 5 heteroatoms. The van der Waals surface area contributed by atoms with Gasteiger partial charge in [0.15, 0.2) is 0 Å². The van der Waals surface area contributed by atoms with E-state index in [4.69, 9.17) is 4.74 Å². The van der Waals surface area contributed by atoms with Crippen molar-refractivity contribution in [2.75, 3.05) is 25.5 Å². The van der Waals surface area contributed by atoms with Crippen LogP contribution in [0.1, 0.15) is 51.6 Å². The molecule has 0 aromatic carbocycles. The molecule has 0 aliphatic carbocycles. The van der Waals surface area contributed by atoms with E-state index in [0.29, 0.717) is 5.92 Å². The highest BCUT2D eigenvalue weighted by atomic mass is 16.5. The second-order valence-electron chi connectivity index (χ2n) is 5.35. The molecule has 1 atom stereocenters. The smallest absolute Gasteiger partial charge is 0.131 e. The van der Waals surface area contributed by atoms with Crippen LogP contribution in [0.3, 0.4) is 0 Å². The van der Waals surface area contributed by atoms with Crippen molar-refractivity contribution in [1.29, 1.82) is 0 Å². The molecule has 20 heavy (non-hydrogen) atoms. The lowest BCUT2D eigenvalue weighted by Gasteiger charge is -2.16. The average molecular weight is 280 g/mol. The molecule has 0 saturated carbocycles. The number of methoxy groups -OCH3 is 1. The molecule has 1 aromatic rings. The van der Waals surface area contributed by atoms with Crippen molar-refractivity contribution < 1.29 is 4.74 Å². The molecule has 0 spiro atoms. The fourth-order valence-electron chi connectivity index (χ4n) is 1.71. The minimum absolute atomic E-state index is 0.163. The second kappa shape index (κ2) is 8.87. The van der Waals surface area contributed by atoms with Crippen LogP contribution in [0, 0.1) is 0 Å². The fourth-order valence-corrected chi connectivity index (χ4v) is 1.71. The number of hydrogen-bond donors (Lipinski definition) is 2. The normalized spacial score (nSPS) is 12.7. The summed E-state index contributed by atoms with van der Waals surface area (Å²) >= 11 is 0. The summed E-state index contributed by atoms with van der Waals surface area (Å²) in [5, 5.41) is 6.77. The quantitative estimate of drug-likeness (QED) is 0.681. The van der Waals surface area contributed by atoms with Gasteiger partial charge in [-0.05, 0) is 19.9 Å². The molecule has 5 nitrogen and oxygen atoms in total. The first-order valence-corrected chi connectivity index (χ1v) is 7.41. The van der Waals surface area contributed by atoms with Crippen LogP contribution in [0.2, 0.25) is 0 Å². The van der Waals surface area contributed by atoms with Crippen LogP contribution < -0.4 is 10.6 Å². The van der Waals surface area contributed by atoms with E-state index >= 15 is 0 Å². The molecule has 0 amide bonds. The molecule has 1 aromatic heterocycles. The maximum absolute atomic E-state index is 5.25. The Morgan fingerprint density at radius 2 is 2.05 bits per heavy atom. The van der Waals surface area contributed by atoms with E-state index < -0.39 is 0 Å². The summed E-state index contributed by atoms with van der Waals surface area (Å²) in [6.45, 7) is 10.9. The van der Waals surface area contributed by atoms with Gasteiger partial charge in [-0.3, -0.25) is 0 Å². The Morgan fingerprint density at radius 3 is 2.65 bits per heavy atom. The Labute approximate surface area is 122 Å². The maximum atomic E-state index is 5.25. The lowest BCUT2D eigenvalue weighted by molar-refractivity contribution is 0.129. The Bertz CT molecular complexity index is 395. The van der Waals surface area contributed by atoms with E-state index in [-0.39, 0.29) is 6.10 Å². The molecular weight excluding hydrogens is 252 g/mol. The minimum atomic E-state index is 0.163. The van der Waals surface area contributed by atoms with Gasteiger partial charge in [-0.25, -0.2) is 9.97 Å². The summed E-state index contributed by atoms with van der Waals surface area (Å²) in [5.41, 5.74) is 2.02. The molecule has 0 aliphatic heterocycles. The predicted molar refractivity (Wildman–Crippen MR) is 83.1 cm³/mol. The van der Waals surface area contributed by atoms with Crippen molar-refractivity contribution in [3.8, 4) is 0 Å². The topological polar surface area (TPSA) is 59.1 Å². The number of hydrogen-bond acceptors (Lipinski definition) is 5. The molecule has 1 heterocycles. The first-order chi connectivity index (χ1) is 9.58. The number of nitrogens with zero attached hydrogens (tertiary/aromatic N) is 2. The van der Waals surface area contributed by atoms with Gasteiger partial charge >= 0.3 is 0 Å². The highest BCUT2D eigenvalue weighted by Gasteiger charge is 2.10. The maximum Gasteiger partial charge on any atom is 0.131 e. The van der Waals surface area contributed by atoms with Crippen LogP contribution in [0.5, 0.6) is 0 Å². The van der Waals surface area contributed by atoms with Crippen molar-refractivity contribution in [1.82, 2.24) is 15.3 Å². The molecule has 1 unspecified atom stereocenters. The third kappa shape index (κ3) is 5.43. The number of anilines is 1. The molecule has 0 radical (unpaired) electrons. The first kappa shape index (κ1) is 16.9. The van der Waals surface area contributed by atoms with E-state index in [1.54, 1.807) is 7.11 Å². The average Bonchev–Trinajstić information content (AvgIpc) is 2.45. The van der Waals surface area contributed by atoms with Crippen LogP contribution >= 0.6 is 0 Å². The summed E-state index contributed by atoms with van der Waals surface area (Å²) in [4.78, 5) is 9.10.